The number of carbonyl (C=O) groups is 2. The van der Waals surface area contributed by atoms with E-state index in [4.69, 9.17) is 20.4 Å². The number of thiazole rings is 1. The monoisotopic (exact) mass is 645 g/mol. The Labute approximate surface area is 247 Å². The molecule has 1 aromatic heterocycles. The molecular formula is C26H27F4N5O6S2. The normalized spacial score (nSPS) is 19.0. The number of carboxylic acid groups (broad SMARTS) is 1. The van der Waals surface area contributed by atoms with Crippen LogP contribution in [0, 0.1) is 5.82 Å². The Morgan fingerprint density at radius 3 is 2.35 bits per heavy atom. The van der Waals surface area contributed by atoms with Crippen molar-refractivity contribution in [2.45, 2.75) is 36.0 Å². The summed E-state index contributed by atoms with van der Waals surface area (Å²) in [5.74, 6) is -2.87. The van der Waals surface area contributed by atoms with Crippen molar-refractivity contribution in [2.75, 3.05) is 44.2 Å². The van der Waals surface area contributed by atoms with Gasteiger partial charge in [-0.3, -0.25) is 9.69 Å². The van der Waals surface area contributed by atoms with E-state index in [1.807, 2.05) is 9.80 Å². The Bertz CT molecular complexity index is 1650. The fourth-order valence-corrected chi connectivity index (χ4v) is 7.61. The van der Waals surface area contributed by atoms with Crippen LogP contribution in [0.3, 0.4) is 0 Å². The molecule has 1 saturated heterocycles. The summed E-state index contributed by atoms with van der Waals surface area (Å²) in [6.45, 7) is 2.83. The number of anilines is 1. The van der Waals surface area contributed by atoms with E-state index in [9.17, 15) is 30.8 Å². The van der Waals surface area contributed by atoms with Gasteiger partial charge in [0.1, 0.15) is 23.7 Å². The number of fused-ring (bicyclic) bond motifs is 2. The number of carbonyl (C=O) groups excluding carboxylic acids is 1. The molecule has 43 heavy (non-hydrogen) atoms. The lowest BCUT2D eigenvalue weighted by Crippen LogP contribution is -2.56. The van der Waals surface area contributed by atoms with E-state index in [1.54, 1.807) is 30.3 Å². The molecule has 1 amide bonds. The summed E-state index contributed by atoms with van der Waals surface area (Å²) in [4.78, 5) is 29.6. The molecule has 0 unspecified atom stereocenters. The van der Waals surface area contributed by atoms with Crippen LogP contribution in [0.5, 0.6) is 5.75 Å². The molecule has 0 atom stereocenters. The molecule has 3 heterocycles. The molecule has 3 aromatic rings. The minimum Gasteiger partial charge on any atom is -0.491 e. The Morgan fingerprint density at radius 2 is 1.74 bits per heavy atom. The molecule has 2 fully saturated rings. The number of hydrogen-bond donors (Lipinski definition) is 2. The lowest BCUT2D eigenvalue weighted by atomic mass is 10.2. The van der Waals surface area contributed by atoms with Gasteiger partial charge in [-0.1, -0.05) is 17.4 Å². The number of nitrogens with zero attached hydrogens (tertiary/aromatic N) is 4. The average Bonchev–Trinajstić information content (AvgIpc) is 3.71. The van der Waals surface area contributed by atoms with Crippen molar-refractivity contribution in [1.29, 1.82) is 0 Å². The van der Waals surface area contributed by atoms with Crippen molar-refractivity contribution >= 4 is 48.6 Å². The highest BCUT2D eigenvalue weighted by atomic mass is 32.2. The van der Waals surface area contributed by atoms with Crippen LogP contribution in [0.4, 0.5) is 22.7 Å². The van der Waals surface area contributed by atoms with Crippen LogP contribution in [0.15, 0.2) is 41.3 Å². The number of carboxylic acids is 1. The van der Waals surface area contributed by atoms with Crippen molar-refractivity contribution in [3.8, 4) is 5.75 Å². The van der Waals surface area contributed by atoms with Crippen molar-refractivity contribution in [3.63, 3.8) is 0 Å². The molecule has 0 radical (unpaired) electrons. The molecule has 1 aliphatic carbocycles. The molecule has 6 rings (SSSR count). The van der Waals surface area contributed by atoms with Gasteiger partial charge in [0.2, 0.25) is 15.9 Å². The van der Waals surface area contributed by atoms with Gasteiger partial charge < -0.3 is 20.5 Å². The quantitative estimate of drug-likeness (QED) is 0.400. The van der Waals surface area contributed by atoms with E-state index in [0.717, 1.165) is 17.5 Å². The molecule has 2 aromatic carbocycles. The van der Waals surface area contributed by atoms with Crippen molar-refractivity contribution < 1.29 is 45.4 Å². The number of rotatable bonds is 5. The summed E-state index contributed by atoms with van der Waals surface area (Å²) >= 11 is 1.38. The number of sulfonamides is 1. The highest BCUT2D eigenvalue weighted by Gasteiger charge is 2.54. The second-order valence-corrected chi connectivity index (χ2v) is 13.1. The van der Waals surface area contributed by atoms with Crippen molar-refractivity contribution in [3.05, 3.63) is 47.8 Å². The zero-order valence-electron chi connectivity index (χ0n) is 22.5. The molecule has 2 aliphatic heterocycles. The van der Waals surface area contributed by atoms with Gasteiger partial charge in [-0.25, -0.2) is 22.6 Å². The van der Waals surface area contributed by atoms with Crippen LogP contribution in [-0.4, -0.2) is 90.6 Å². The third-order valence-electron chi connectivity index (χ3n) is 7.57. The fraction of sp³-hybridized carbons (Fsp3) is 0.423. The van der Waals surface area contributed by atoms with E-state index in [2.05, 4.69) is 4.98 Å². The van der Waals surface area contributed by atoms with E-state index in [1.165, 1.54) is 21.7 Å². The number of aromatic nitrogens is 1. The van der Waals surface area contributed by atoms with Gasteiger partial charge in [-0.2, -0.15) is 17.5 Å². The highest BCUT2D eigenvalue weighted by Crippen LogP contribution is 2.42. The number of halogens is 4. The maximum absolute atomic E-state index is 14.4. The molecule has 11 nitrogen and oxygen atoms in total. The first-order valence-corrected chi connectivity index (χ1v) is 15.4. The minimum absolute atomic E-state index is 0.213. The Hall–Kier alpha value is -3.54. The average molecular weight is 646 g/mol. The van der Waals surface area contributed by atoms with Crippen LogP contribution >= 0.6 is 11.3 Å². The second kappa shape index (κ2) is 11.5. The standard InChI is InChI=1S/C24H26FN5O4S2.C2HF3O2/c25-18-2-1-3-20-17(18)15-28(12-13-34-20)23-27-19-5-4-16(14-21(19)35-23)36(32,33)30-10-8-29(9-11-30)24(6-7-24)22(26)31;3-2(4,5)1(6)7/h1-5,14H,6-13,15H2,(H2,26,31);(H,6,7). The molecule has 17 heteroatoms. The zero-order chi connectivity index (χ0) is 31.2. The molecular weight excluding hydrogens is 618 g/mol. The number of benzene rings is 2. The van der Waals surface area contributed by atoms with Crippen molar-refractivity contribution in [1.82, 2.24) is 14.2 Å². The van der Waals surface area contributed by atoms with E-state index in [-0.39, 0.29) is 16.6 Å². The largest absolute Gasteiger partial charge is 0.491 e. The molecule has 3 aliphatic rings. The predicted octanol–water partition coefficient (Wildman–Crippen LogP) is 2.79. The number of alkyl halides is 3. The van der Waals surface area contributed by atoms with Crippen LogP contribution in [0.25, 0.3) is 10.2 Å². The van der Waals surface area contributed by atoms with Gasteiger partial charge in [0.25, 0.3) is 0 Å². The summed E-state index contributed by atoms with van der Waals surface area (Å²) in [5.41, 5.74) is 6.17. The van der Waals surface area contributed by atoms with E-state index in [0.29, 0.717) is 67.8 Å². The van der Waals surface area contributed by atoms with Gasteiger partial charge in [-0.05, 0) is 43.2 Å². The minimum atomic E-state index is -5.08. The number of hydrogen-bond acceptors (Lipinski definition) is 9. The molecule has 1 saturated carbocycles. The van der Waals surface area contributed by atoms with Crippen LogP contribution in [0.2, 0.25) is 0 Å². The van der Waals surface area contributed by atoms with Crippen LogP contribution < -0.4 is 15.4 Å². The van der Waals surface area contributed by atoms with Gasteiger partial charge in [0.05, 0.1) is 28.2 Å². The summed E-state index contributed by atoms with van der Waals surface area (Å²) in [6.07, 6.45) is -3.61. The second-order valence-electron chi connectivity index (χ2n) is 10.2. The maximum Gasteiger partial charge on any atom is 0.490 e. The van der Waals surface area contributed by atoms with Crippen LogP contribution in [-0.2, 0) is 26.2 Å². The number of primary amides is 1. The lowest BCUT2D eigenvalue weighted by molar-refractivity contribution is -0.192. The fourth-order valence-electron chi connectivity index (χ4n) is 5.06. The number of ether oxygens (including phenoxy) is 1. The van der Waals surface area contributed by atoms with E-state index >= 15 is 0 Å². The first-order valence-electron chi connectivity index (χ1n) is 13.1. The molecule has 232 valence electrons. The SMILES string of the molecule is NC(=O)C1(N2CCN(S(=O)(=O)c3ccc4nc(N5CCOc6cccc(F)c6C5)sc4c3)CC2)CC1.O=C(O)C(F)(F)F. The van der Waals surface area contributed by atoms with Gasteiger partial charge in [-0.15, -0.1) is 0 Å². The topological polar surface area (TPSA) is 146 Å². The smallest absolute Gasteiger partial charge is 0.490 e. The van der Waals surface area contributed by atoms with Gasteiger partial charge >= 0.3 is 12.1 Å². The third kappa shape index (κ3) is 6.25. The summed E-state index contributed by atoms with van der Waals surface area (Å²) in [5, 5.41) is 7.81. The molecule has 3 N–H and O–H groups in total. The molecule has 0 bridgehead atoms. The Kier molecular flexibility index (Phi) is 8.28. The number of nitrogens with two attached hydrogens (primary N) is 1. The number of piperazine rings is 1. The lowest BCUT2D eigenvalue weighted by Gasteiger charge is -2.37. The predicted molar refractivity (Wildman–Crippen MR) is 148 cm³/mol. The number of amides is 1. The summed E-state index contributed by atoms with van der Waals surface area (Å²) < 4.78 is 80.9. The van der Waals surface area contributed by atoms with Gasteiger partial charge in [0.15, 0.2) is 5.13 Å². The van der Waals surface area contributed by atoms with E-state index < -0.39 is 27.7 Å². The Balaban J connectivity index is 0.000000472. The summed E-state index contributed by atoms with van der Waals surface area (Å²) in [6, 6.07) is 9.76. The first kappa shape index (κ1) is 30.9. The van der Waals surface area contributed by atoms with Gasteiger partial charge in [0, 0.05) is 31.7 Å². The highest BCUT2D eigenvalue weighted by molar-refractivity contribution is 7.89. The Morgan fingerprint density at radius 1 is 1.07 bits per heavy atom. The maximum atomic E-state index is 14.4. The van der Waals surface area contributed by atoms with Crippen molar-refractivity contribution in [2.24, 2.45) is 5.73 Å². The third-order valence-corrected chi connectivity index (χ3v) is 10.5. The molecule has 0 spiro atoms. The first-order chi connectivity index (χ1) is 20.2. The van der Waals surface area contributed by atoms with Crippen LogP contribution in [0.1, 0.15) is 18.4 Å². The summed E-state index contributed by atoms with van der Waals surface area (Å²) in [7, 11) is -3.70. The zero-order valence-corrected chi connectivity index (χ0v) is 24.1. The number of aliphatic carboxylic acids is 1.